The Morgan fingerprint density at radius 1 is 1.41 bits per heavy atom. The standard InChI is InChI=1S/C14H24N4O2S.ClH/c1-11-13(12(2)20-17-11)9-21-10-14(19)16-5-8-18-6-3-15-4-7-18;/h15H,3-10H2,1-2H3,(H,16,19);1H. The zero-order valence-corrected chi connectivity index (χ0v) is 14.8. The number of halogens is 1. The van der Waals surface area contributed by atoms with Crippen molar-refractivity contribution in [2.75, 3.05) is 45.0 Å². The van der Waals surface area contributed by atoms with Crippen LogP contribution in [0.4, 0.5) is 0 Å². The number of nitrogens with zero attached hydrogens (tertiary/aromatic N) is 2. The second-order valence-electron chi connectivity index (χ2n) is 5.24. The third-order valence-corrected chi connectivity index (χ3v) is 4.58. The highest BCUT2D eigenvalue weighted by atomic mass is 35.5. The molecule has 0 unspecified atom stereocenters. The van der Waals surface area contributed by atoms with Gasteiger partial charge in [0.25, 0.3) is 0 Å². The quantitative estimate of drug-likeness (QED) is 0.765. The number of hydrogen-bond acceptors (Lipinski definition) is 6. The van der Waals surface area contributed by atoms with Crippen LogP contribution >= 0.6 is 24.2 Å². The molecule has 1 aromatic heterocycles. The zero-order chi connectivity index (χ0) is 15.1. The number of hydrogen-bond donors (Lipinski definition) is 2. The van der Waals surface area contributed by atoms with Gasteiger partial charge in [-0.15, -0.1) is 24.2 Å². The van der Waals surface area contributed by atoms with Crippen LogP contribution in [0.5, 0.6) is 0 Å². The number of amides is 1. The number of thioether (sulfide) groups is 1. The van der Waals surface area contributed by atoms with E-state index in [0.717, 1.165) is 62.0 Å². The summed E-state index contributed by atoms with van der Waals surface area (Å²) >= 11 is 1.60. The number of piperazine rings is 1. The first-order valence-corrected chi connectivity index (χ1v) is 8.51. The van der Waals surface area contributed by atoms with E-state index in [2.05, 4.69) is 20.7 Å². The van der Waals surface area contributed by atoms with Crippen molar-refractivity contribution in [1.29, 1.82) is 0 Å². The molecule has 0 saturated carbocycles. The van der Waals surface area contributed by atoms with Gasteiger partial charge in [-0.05, 0) is 13.8 Å². The van der Waals surface area contributed by atoms with Gasteiger partial charge in [0.05, 0.1) is 11.4 Å². The molecular formula is C14H25ClN4O2S. The molecule has 8 heteroatoms. The van der Waals surface area contributed by atoms with Gasteiger partial charge in [-0.25, -0.2) is 0 Å². The van der Waals surface area contributed by atoms with E-state index >= 15 is 0 Å². The molecule has 1 aromatic rings. The third-order valence-electron chi connectivity index (χ3n) is 3.62. The molecule has 1 aliphatic heterocycles. The fourth-order valence-electron chi connectivity index (χ4n) is 2.29. The topological polar surface area (TPSA) is 70.4 Å². The van der Waals surface area contributed by atoms with Gasteiger partial charge in [-0.3, -0.25) is 9.69 Å². The van der Waals surface area contributed by atoms with Crippen LogP contribution in [-0.4, -0.2) is 61.0 Å². The van der Waals surface area contributed by atoms with Crippen molar-refractivity contribution in [2.24, 2.45) is 0 Å². The molecule has 2 rings (SSSR count). The molecule has 1 saturated heterocycles. The monoisotopic (exact) mass is 348 g/mol. The highest BCUT2D eigenvalue weighted by Gasteiger charge is 2.11. The van der Waals surface area contributed by atoms with E-state index in [4.69, 9.17) is 4.52 Å². The minimum atomic E-state index is 0. The van der Waals surface area contributed by atoms with Crippen LogP contribution in [0.1, 0.15) is 17.0 Å². The van der Waals surface area contributed by atoms with Crippen molar-refractivity contribution >= 4 is 30.1 Å². The predicted octanol–water partition coefficient (Wildman–Crippen LogP) is 0.968. The van der Waals surface area contributed by atoms with Crippen LogP contribution in [0, 0.1) is 13.8 Å². The summed E-state index contributed by atoms with van der Waals surface area (Å²) < 4.78 is 5.11. The van der Waals surface area contributed by atoms with Gasteiger partial charge in [0.1, 0.15) is 5.76 Å². The fourth-order valence-corrected chi connectivity index (χ4v) is 3.30. The van der Waals surface area contributed by atoms with E-state index in [1.807, 2.05) is 13.8 Å². The maximum absolute atomic E-state index is 11.8. The van der Waals surface area contributed by atoms with Gasteiger partial charge in [0.2, 0.25) is 5.91 Å². The average Bonchev–Trinajstić information content (AvgIpc) is 2.80. The largest absolute Gasteiger partial charge is 0.361 e. The fraction of sp³-hybridized carbons (Fsp3) is 0.714. The van der Waals surface area contributed by atoms with E-state index in [1.54, 1.807) is 11.8 Å². The van der Waals surface area contributed by atoms with E-state index in [1.165, 1.54) is 0 Å². The molecule has 0 aromatic carbocycles. The Hall–Kier alpha value is -0.760. The van der Waals surface area contributed by atoms with Gasteiger partial charge in [-0.1, -0.05) is 5.16 Å². The molecule has 1 aliphatic rings. The molecule has 2 N–H and O–H groups in total. The van der Waals surface area contributed by atoms with Gasteiger partial charge in [0, 0.05) is 50.6 Å². The number of nitrogens with one attached hydrogen (secondary N) is 2. The van der Waals surface area contributed by atoms with E-state index in [0.29, 0.717) is 5.75 Å². The third kappa shape index (κ3) is 6.16. The van der Waals surface area contributed by atoms with Crippen molar-refractivity contribution in [3.63, 3.8) is 0 Å². The first kappa shape index (κ1) is 19.3. The summed E-state index contributed by atoms with van der Waals surface area (Å²) in [7, 11) is 0. The number of aromatic nitrogens is 1. The van der Waals surface area contributed by atoms with Crippen LogP contribution in [0.25, 0.3) is 0 Å². The molecule has 0 spiro atoms. The Morgan fingerprint density at radius 3 is 2.77 bits per heavy atom. The summed E-state index contributed by atoms with van der Waals surface area (Å²) in [6.07, 6.45) is 0. The molecule has 2 heterocycles. The second kappa shape index (κ2) is 10.1. The highest BCUT2D eigenvalue weighted by molar-refractivity contribution is 7.99. The van der Waals surface area contributed by atoms with Crippen molar-refractivity contribution < 1.29 is 9.32 Å². The first-order chi connectivity index (χ1) is 10.2. The van der Waals surface area contributed by atoms with Crippen LogP contribution in [0.3, 0.4) is 0 Å². The molecule has 1 fully saturated rings. The molecule has 22 heavy (non-hydrogen) atoms. The Bertz CT molecular complexity index is 444. The Kier molecular flexibility index (Phi) is 8.85. The average molecular weight is 349 g/mol. The number of rotatable bonds is 7. The molecule has 0 bridgehead atoms. The van der Waals surface area contributed by atoms with Crippen molar-refractivity contribution in [3.8, 4) is 0 Å². The first-order valence-electron chi connectivity index (χ1n) is 7.36. The van der Waals surface area contributed by atoms with Crippen molar-refractivity contribution in [2.45, 2.75) is 19.6 Å². The number of carbonyl (C=O) groups is 1. The highest BCUT2D eigenvalue weighted by Crippen LogP contribution is 2.19. The zero-order valence-electron chi connectivity index (χ0n) is 13.2. The maximum Gasteiger partial charge on any atom is 0.230 e. The lowest BCUT2D eigenvalue weighted by molar-refractivity contribution is -0.118. The van der Waals surface area contributed by atoms with Crippen LogP contribution in [0.2, 0.25) is 0 Å². The molecule has 0 aliphatic carbocycles. The van der Waals surface area contributed by atoms with E-state index < -0.39 is 0 Å². The summed E-state index contributed by atoms with van der Waals surface area (Å²) in [4.78, 5) is 14.2. The molecule has 6 nitrogen and oxygen atoms in total. The molecule has 0 atom stereocenters. The van der Waals surface area contributed by atoms with Crippen molar-refractivity contribution in [3.05, 3.63) is 17.0 Å². The Morgan fingerprint density at radius 2 is 2.14 bits per heavy atom. The normalized spacial score (nSPS) is 15.4. The van der Waals surface area contributed by atoms with Gasteiger partial charge < -0.3 is 15.2 Å². The lowest BCUT2D eigenvalue weighted by Crippen LogP contribution is -2.46. The maximum atomic E-state index is 11.8. The van der Waals surface area contributed by atoms with Crippen molar-refractivity contribution in [1.82, 2.24) is 20.7 Å². The Labute approximate surface area is 142 Å². The summed E-state index contributed by atoms with van der Waals surface area (Å²) in [6, 6.07) is 0. The second-order valence-corrected chi connectivity index (χ2v) is 6.22. The minimum Gasteiger partial charge on any atom is -0.361 e. The molecule has 126 valence electrons. The summed E-state index contributed by atoms with van der Waals surface area (Å²) in [5.74, 6) is 2.19. The number of aryl methyl sites for hydroxylation is 2. The summed E-state index contributed by atoms with van der Waals surface area (Å²) in [5.41, 5.74) is 2.02. The minimum absolute atomic E-state index is 0. The lowest BCUT2D eigenvalue weighted by atomic mass is 10.2. The van der Waals surface area contributed by atoms with Crippen LogP contribution in [-0.2, 0) is 10.5 Å². The molecule has 0 radical (unpaired) electrons. The lowest BCUT2D eigenvalue weighted by Gasteiger charge is -2.27. The summed E-state index contributed by atoms with van der Waals surface area (Å²) in [6.45, 7) is 9.71. The van der Waals surface area contributed by atoms with Crippen LogP contribution in [0.15, 0.2) is 4.52 Å². The SMILES string of the molecule is Cc1noc(C)c1CSCC(=O)NCCN1CCNCC1.Cl. The van der Waals surface area contributed by atoms with E-state index in [-0.39, 0.29) is 18.3 Å². The summed E-state index contributed by atoms with van der Waals surface area (Å²) in [5, 5.41) is 10.2. The van der Waals surface area contributed by atoms with E-state index in [9.17, 15) is 4.79 Å². The smallest absolute Gasteiger partial charge is 0.230 e. The molecule has 1 amide bonds. The van der Waals surface area contributed by atoms with Gasteiger partial charge in [-0.2, -0.15) is 0 Å². The van der Waals surface area contributed by atoms with Gasteiger partial charge >= 0.3 is 0 Å². The predicted molar refractivity (Wildman–Crippen MR) is 91.7 cm³/mol. The Balaban J connectivity index is 0.00000242. The van der Waals surface area contributed by atoms with Crippen LogP contribution < -0.4 is 10.6 Å². The molecular weight excluding hydrogens is 324 g/mol. The van der Waals surface area contributed by atoms with Gasteiger partial charge in [0.15, 0.2) is 0 Å². The number of carbonyl (C=O) groups excluding carboxylic acids is 1.